The smallest absolute Gasteiger partial charge is 0.294 e. The fourth-order valence-corrected chi connectivity index (χ4v) is 2.05. The van der Waals surface area contributed by atoms with Crippen LogP contribution in [0.4, 0.5) is 4.39 Å². The van der Waals surface area contributed by atoms with E-state index >= 15 is 0 Å². The van der Waals surface area contributed by atoms with Crippen LogP contribution in [-0.4, -0.2) is 30.2 Å². The fraction of sp³-hybridized carbons (Fsp3) is 0.222. The van der Waals surface area contributed by atoms with Gasteiger partial charge in [-0.1, -0.05) is 42.0 Å². The molecule has 2 aromatic carbocycles. The number of nitrogens with zero attached hydrogens (tertiary/aromatic N) is 1. The minimum Gasteiger partial charge on any atom is -0.339 e. The van der Waals surface area contributed by atoms with E-state index in [9.17, 15) is 14.0 Å². The Morgan fingerprint density at radius 2 is 1.59 bits per heavy atom. The first-order chi connectivity index (χ1) is 10.5. The first-order valence-corrected chi connectivity index (χ1v) is 7.08. The van der Waals surface area contributed by atoms with Gasteiger partial charge in [-0.05, 0) is 31.0 Å². The van der Waals surface area contributed by atoms with Crippen molar-refractivity contribution in [1.29, 1.82) is 0 Å². The van der Waals surface area contributed by atoms with Gasteiger partial charge >= 0.3 is 0 Å². The minimum absolute atomic E-state index is 0.289. The molecule has 4 heteroatoms. The summed E-state index contributed by atoms with van der Waals surface area (Å²) in [7, 11) is 1.60. The SMILES string of the molecule is Cc1ccc(C(=O)C(=O)N(C)CCc2ccc(F)cc2)cc1. The van der Waals surface area contributed by atoms with Gasteiger partial charge in [-0.15, -0.1) is 0 Å². The fourth-order valence-electron chi connectivity index (χ4n) is 2.05. The van der Waals surface area contributed by atoms with Crippen molar-refractivity contribution >= 4 is 11.7 Å². The maximum atomic E-state index is 12.8. The predicted molar refractivity (Wildman–Crippen MR) is 83.3 cm³/mol. The maximum absolute atomic E-state index is 12.8. The summed E-state index contributed by atoms with van der Waals surface area (Å²) in [6.07, 6.45) is 0.573. The van der Waals surface area contributed by atoms with E-state index in [-0.39, 0.29) is 5.82 Å². The number of ketones is 1. The second-order valence-electron chi connectivity index (χ2n) is 5.30. The highest BCUT2D eigenvalue weighted by Gasteiger charge is 2.20. The van der Waals surface area contributed by atoms with Crippen LogP contribution in [-0.2, 0) is 11.2 Å². The van der Waals surface area contributed by atoms with Crippen LogP contribution in [0.2, 0.25) is 0 Å². The van der Waals surface area contributed by atoms with Crippen molar-refractivity contribution in [1.82, 2.24) is 4.90 Å². The van der Waals surface area contributed by atoms with Crippen molar-refractivity contribution in [3.8, 4) is 0 Å². The monoisotopic (exact) mass is 299 g/mol. The number of hydrogen-bond acceptors (Lipinski definition) is 2. The molecule has 0 aliphatic carbocycles. The predicted octanol–water partition coefficient (Wildman–Crippen LogP) is 3.02. The zero-order valence-electron chi connectivity index (χ0n) is 12.7. The van der Waals surface area contributed by atoms with Crippen LogP contribution in [0.5, 0.6) is 0 Å². The molecule has 0 spiro atoms. The molecule has 1 amide bonds. The van der Waals surface area contributed by atoms with E-state index in [1.165, 1.54) is 17.0 Å². The van der Waals surface area contributed by atoms with Gasteiger partial charge in [0.1, 0.15) is 5.82 Å². The summed E-state index contributed by atoms with van der Waals surface area (Å²) in [5, 5.41) is 0. The number of hydrogen-bond donors (Lipinski definition) is 0. The lowest BCUT2D eigenvalue weighted by Gasteiger charge is -2.16. The molecule has 2 aromatic rings. The molecule has 0 aromatic heterocycles. The number of benzene rings is 2. The van der Waals surface area contributed by atoms with E-state index in [4.69, 9.17) is 0 Å². The highest BCUT2D eigenvalue weighted by Crippen LogP contribution is 2.07. The lowest BCUT2D eigenvalue weighted by Crippen LogP contribution is -2.34. The number of carbonyl (C=O) groups is 2. The number of halogens is 1. The summed E-state index contributed by atoms with van der Waals surface area (Å²) in [5.41, 5.74) is 2.35. The Hall–Kier alpha value is -2.49. The van der Waals surface area contributed by atoms with Crippen molar-refractivity contribution in [2.24, 2.45) is 0 Å². The molecule has 0 bridgehead atoms. The average Bonchev–Trinajstić information content (AvgIpc) is 2.53. The molecular weight excluding hydrogens is 281 g/mol. The molecule has 0 fully saturated rings. The summed E-state index contributed by atoms with van der Waals surface area (Å²) < 4.78 is 12.8. The number of Topliss-reactive ketones (excluding diaryl/α,β-unsaturated/α-hetero) is 1. The Kier molecular flexibility index (Phi) is 5.04. The van der Waals surface area contributed by atoms with Crippen LogP contribution < -0.4 is 0 Å². The van der Waals surface area contributed by atoms with Crippen molar-refractivity contribution < 1.29 is 14.0 Å². The summed E-state index contributed by atoms with van der Waals surface area (Å²) in [4.78, 5) is 25.6. The first-order valence-electron chi connectivity index (χ1n) is 7.08. The number of likely N-dealkylation sites (N-methyl/N-ethyl adjacent to an activating group) is 1. The molecule has 3 nitrogen and oxygen atoms in total. The molecule has 0 N–H and O–H groups in total. The molecule has 0 saturated carbocycles. The summed E-state index contributed by atoms with van der Waals surface area (Å²) in [6.45, 7) is 2.33. The Morgan fingerprint density at radius 3 is 2.18 bits per heavy atom. The molecule has 0 unspecified atom stereocenters. The van der Waals surface area contributed by atoms with Gasteiger partial charge in [0.2, 0.25) is 5.78 Å². The molecule has 0 saturated heterocycles. The lowest BCUT2D eigenvalue weighted by atomic mass is 10.1. The molecule has 0 atom stereocenters. The van der Waals surface area contributed by atoms with Gasteiger partial charge in [-0.3, -0.25) is 9.59 Å². The first kappa shape index (κ1) is 15.9. The normalized spacial score (nSPS) is 10.3. The van der Waals surface area contributed by atoms with E-state index in [0.29, 0.717) is 18.5 Å². The van der Waals surface area contributed by atoms with E-state index in [0.717, 1.165) is 11.1 Å². The van der Waals surface area contributed by atoms with E-state index in [1.807, 2.05) is 6.92 Å². The molecular formula is C18H18FNO2. The highest BCUT2D eigenvalue weighted by molar-refractivity contribution is 6.42. The second-order valence-corrected chi connectivity index (χ2v) is 5.30. The standard InChI is InChI=1S/C18H18FNO2/c1-13-3-7-15(8-4-13)17(21)18(22)20(2)12-11-14-5-9-16(19)10-6-14/h3-10H,11-12H2,1-2H3. The third-order valence-electron chi connectivity index (χ3n) is 3.50. The number of rotatable bonds is 5. The van der Waals surface area contributed by atoms with Gasteiger partial charge in [0, 0.05) is 19.2 Å². The highest BCUT2D eigenvalue weighted by atomic mass is 19.1. The number of amides is 1. The Bertz CT molecular complexity index is 662. The molecule has 22 heavy (non-hydrogen) atoms. The van der Waals surface area contributed by atoms with Gasteiger partial charge in [0.05, 0.1) is 0 Å². The molecule has 114 valence electrons. The summed E-state index contributed by atoms with van der Waals surface area (Å²) >= 11 is 0. The van der Waals surface area contributed by atoms with Crippen LogP contribution in [0, 0.1) is 12.7 Å². The van der Waals surface area contributed by atoms with Gasteiger partial charge < -0.3 is 4.90 Å². The topological polar surface area (TPSA) is 37.4 Å². The third-order valence-corrected chi connectivity index (χ3v) is 3.50. The average molecular weight is 299 g/mol. The maximum Gasteiger partial charge on any atom is 0.294 e. The third kappa shape index (κ3) is 4.01. The van der Waals surface area contributed by atoms with E-state index < -0.39 is 11.7 Å². The van der Waals surface area contributed by atoms with Crippen molar-refractivity contribution in [3.63, 3.8) is 0 Å². The summed E-state index contributed by atoms with van der Waals surface area (Å²) in [5.74, 6) is -1.34. The minimum atomic E-state index is -0.536. The van der Waals surface area contributed by atoms with Gasteiger partial charge in [-0.2, -0.15) is 0 Å². The Labute approximate surface area is 129 Å². The number of aryl methyl sites for hydroxylation is 1. The number of carbonyl (C=O) groups excluding carboxylic acids is 2. The van der Waals surface area contributed by atoms with Crippen molar-refractivity contribution in [2.75, 3.05) is 13.6 Å². The molecule has 2 rings (SSSR count). The lowest BCUT2D eigenvalue weighted by molar-refractivity contribution is -0.125. The molecule has 0 radical (unpaired) electrons. The Balaban J connectivity index is 1.95. The molecule has 0 heterocycles. The van der Waals surface area contributed by atoms with Crippen molar-refractivity contribution in [3.05, 3.63) is 71.0 Å². The van der Waals surface area contributed by atoms with Gasteiger partial charge in [0.25, 0.3) is 5.91 Å². The van der Waals surface area contributed by atoms with E-state index in [2.05, 4.69) is 0 Å². The largest absolute Gasteiger partial charge is 0.339 e. The van der Waals surface area contributed by atoms with Crippen LogP contribution in [0.3, 0.4) is 0 Å². The Morgan fingerprint density at radius 1 is 1.00 bits per heavy atom. The second kappa shape index (κ2) is 6.98. The van der Waals surface area contributed by atoms with Crippen LogP contribution >= 0.6 is 0 Å². The zero-order chi connectivity index (χ0) is 16.1. The van der Waals surface area contributed by atoms with Crippen molar-refractivity contribution in [2.45, 2.75) is 13.3 Å². The van der Waals surface area contributed by atoms with Gasteiger partial charge in [0.15, 0.2) is 0 Å². The summed E-state index contributed by atoms with van der Waals surface area (Å²) in [6, 6.07) is 13.0. The quantitative estimate of drug-likeness (QED) is 0.628. The van der Waals surface area contributed by atoms with Crippen LogP contribution in [0.1, 0.15) is 21.5 Å². The van der Waals surface area contributed by atoms with Gasteiger partial charge in [-0.25, -0.2) is 4.39 Å². The molecule has 0 aliphatic rings. The zero-order valence-corrected chi connectivity index (χ0v) is 12.7. The van der Waals surface area contributed by atoms with Crippen LogP contribution in [0.25, 0.3) is 0 Å². The molecule has 0 aliphatic heterocycles. The van der Waals surface area contributed by atoms with E-state index in [1.54, 1.807) is 43.4 Å². The van der Waals surface area contributed by atoms with Crippen LogP contribution in [0.15, 0.2) is 48.5 Å².